The van der Waals surface area contributed by atoms with Crippen molar-refractivity contribution >= 4 is 22.8 Å². The number of H-pyrrole nitrogens is 1. The summed E-state index contributed by atoms with van der Waals surface area (Å²) >= 11 is 0. The molecule has 132 valence electrons. The number of carboxylic acids is 1. The molecule has 0 radical (unpaired) electrons. The van der Waals surface area contributed by atoms with Crippen molar-refractivity contribution in [3.8, 4) is 0 Å². The summed E-state index contributed by atoms with van der Waals surface area (Å²) in [7, 11) is 0. The van der Waals surface area contributed by atoms with Gasteiger partial charge in [-0.3, -0.25) is 9.59 Å². The maximum absolute atomic E-state index is 13.0. The first kappa shape index (κ1) is 16.1. The molecular formula is C19H22N2O4. The van der Waals surface area contributed by atoms with E-state index in [-0.39, 0.29) is 18.4 Å². The third kappa shape index (κ3) is 2.43. The van der Waals surface area contributed by atoms with Crippen LogP contribution in [-0.4, -0.2) is 53.2 Å². The second-order valence-corrected chi connectivity index (χ2v) is 7.39. The van der Waals surface area contributed by atoms with Crippen LogP contribution in [0.4, 0.5) is 0 Å². The standard InChI is InChI=1S/C19H22N2O4/c1-11-5-12(2)14-7-16(20-15(14)6-11)17(22)21-8-13-9-25-4-3-19(13,10-21)18(23)24/h5-7,13,20H,3-4,8-10H2,1-2H3,(H,23,24)/t13-,19+/m0/s1. The lowest BCUT2D eigenvalue weighted by atomic mass is 9.74. The number of aromatic amines is 1. The number of nitrogens with one attached hydrogen (secondary N) is 1. The van der Waals surface area contributed by atoms with Crippen molar-refractivity contribution in [1.29, 1.82) is 0 Å². The molecule has 1 amide bonds. The molecule has 1 aromatic heterocycles. The Morgan fingerprint density at radius 1 is 1.32 bits per heavy atom. The molecule has 2 aromatic rings. The Labute approximate surface area is 145 Å². The van der Waals surface area contributed by atoms with Crippen LogP contribution in [0.5, 0.6) is 0 Å². The van der Waals surface area contributed by atoms with Crippen molar-refractivity contribution in [2.75, 3.05) is 26.3 Å². The second kappa shape index (κ2) is 5.59. The zero-order valence-electron chi connectivity index (χ0n) is 14.5. The number of amides is 1. The van der Waals surface area contributed by atoms with Crippen molar-refractivity contribution in [2.24, 2.45) is 11.3 Å². The quantitative estimate of drug-likeness (QED) is 0.878. The van der Waals surface area contributed by atoms with Gasteiger partial charge in [-0.2, -0.15) is 0 Å². The Balaban J connectivity index is 1.66. The fourth-order valence-corrected chi connectivity index (χ4v) is 4.34. The van der Waals surface area contributed by atoms with Crippen LogP contribution in [0.15, 0.2) is 18.2 Å². The Morgan fingerprint density at radius 2 is 2.12 bits per heavy atom. The lowest BCUT2D eigenvalue weighted by molar-refractivity contribution is -0.157. The summed E-state index contributed by atoms with van der Waals surface area (Å²) < 4.78 is 5.46. The van der Waals surface area contributed by atoms with Gasteiger partial charge in [-0.05, 0) is 43.5 Å². The normalized spacial score (nSPS) is 26.0. The van der Waals surface area contributed by atoms with Crippen molar-refractivity contribution in [3.63, 3.8) is 0 Å². The maximum atomic E-state index is 13.0. The molecule has 0 spiro atoms. The Kier molecular flexibility index (Phi) is 3.61. The summed E-state index contributed by atoms with van der Waals surface area (Å²) in [6, 6.07) is 5.99. The van der Waals surface area contributed by atoms with Crippen LogP contribution >= 0.6 is 0 Å². The number of carboxylic acid groups (broad SMARTS) is 1. The van der Waals surface area contributed by atoms with Gasteiger partial charge in [0.1, 0.15) is 5.69 Å². The molecule has 3 heterocycles. The number of hydrogen-bond donors (Lipinski definition) is 2. The second-order valence-electron chi connectivity index (χ2n) is 7.39. The lowest BCUT2D eigenvalue weighted by Crippen LogP contribution is -2.45. The van der Waals surface area contributed by atoms with E-state index in [9.17, 15) is 14.7 Å². The molecule has 25 heavy (non-hydrogen) atoms. The number of benzene rings is 1. The summed E-state index contributed by atoms with van der Waals surface area (Å²) in [6.45, 7) is 5.58. The molecule has 2 aliphatic heterocycles. The zero-order chi connectivity index (χ0) is 17.8. The number of rotatable bonds is 2. The van der Waals surface area contributed by atoms with Gasteiger partial charge in [0.25, 0.3) is 5.91 Å². The average molecular weight is 342 g/mol. The molecule has 6 nitrogen and oxygen atoms in total. The number of aryl methyl sites for hydroxylation is 2. The van der Waals surface area contributed by atoms with Crippen LogP contribution < -0.4 is 0 Å². The molecule has 0 unspecified atom stereocenters. The van der Waals surface area contributed by atoms with Gasteiger partial charge in [0.05, 0.1) is 12.0 Å². The minimum Gasteiger partial charge on any atom is -0.481 e. The number of ether oxygens (including phenoxy) is 1. The monoisotopic (exact) mass is 342 g/mol. The SMILES string of the molecule is Cc1cc(C)c2cc(C(=O)N3C[C@H]4COCC[C@@]4(C(=O)O)C3)[nH]c2c1. The first-order chi connectivity index (χ1) is 11.9. The minimum absolute atomic E-state index is 0.136. The highest BCUT2D eigenvalue weighted by atomic mass is 16.5. The molecule has 2 atom stereocenters. The summed E-state index contributed by atoms with van der Waals surface area (Å²) in [4.78, 5) is 29.7. The van der Waals surface area contributed by atoms with Crippen molar-refractivity contribution in [2.45, 2.75) is 20.3 Å². The third-order valence-corrected chi connectivity index (χ3v) is 5.74. The fourth-order valence-electron chi connectivity index (χ4n) is 4.34. The molecule has 2 N–H and O–H groups in total. The molecule has 2 fully saturated rings. The van der Waals surface area contributed by atoms with E-state index in [1.807, 2.05) is 26.0 Å². The van der Waals surface area contributed by atoms with Gasteiger partial charge in [-0.25, -0.2) is 0 Å². The topological polar surface area (TPSA) is 82.6 Å². The van der Waals surface area contributed by atoms with Crippen LogP contribution in [0, 0.1) is 25.2 Å². The first-order valence-electron chi connectivity index (χ1n) is 8.61. The van der Waals surface area contributed by atoms with Crippen LogP contribution in [0.1, 0.15) is 28.0 Å². The van der Waals surface area contributed by atoms with Crippen molar-refractivity contribution in [3.05, 3.63) is 35.0 Å². The Morgan fingerprint density at radius 3 is 2.84 bits per heavy atom. The molecule has 4 rings (SSSR count). The summed E-state index contributed by atoms with van der Waals surface area (Å²) in [5.41, 5.74) is 2.85. The smallest absolute Gasteiger partial charge is 0.311 e. The van der Waals surface area contributed by atoms with Crippen LogP contribution in [0.25, 0.3) is 10.9 Å². The number of fused-ring (bicyclic) bond motifs is 2. The predicted molar refractivity (Wildman–Crippen MR) is 92.7 cm³/mol. The number of carbonyl (C=O) groups excluding carboxylic acids is 1. The van der Waals surface area contributed by atoms with Gasteiger partial charge in [0, 0.05) is 36.5 Å². The highest BCUT2D eigenvalue weighted by molar-refractivity contribution is 5.99. The number of carbonyl (C=O) groups is 2. The van der Waals surface area contributed by atoms with Gasteiger partial charge in [-0.1, -0.05) is 6.07 Å². The molecular weight excluding hydrogens is 320 g/mol. The van der Waals surface area contributed by atoms with Gasteiger partial charge in [-0.15, -0.1) is 0 Å². The fraction of sp³-hybridized carbons (Fsp3) is 0.474. The summed E-state index contributed by atoms with van der Waals surface area (Å²) in [5, 5.41) is 10.8. The molecule has 0 aliphatic carbocycles. The van der Waals surface area contributed by atoms with E-state index in [0.717, 1.165) is 22.0 Å². The van der Waals surface area contributed by atoms with E-state index in [1.54, 1.807) is 4.90 Å². The van der Waals surface area contributed by atoms with E-state index in [2.05, 4.69) is 11.1 Å². The van der Waals surface area contributed by atoms with Crippen molar-refractivity contribution < 1.29 is 19.4 Å². The summed E-state index contributed by atoms with van der Waals surface area (Å²) in [5.74, 6) is -1.10. The lowest BCUT2D eigenvalue weighted by Gasteiger charge is -2.33. The van der Waals surface area contributed by atoms with Crippen LogP contribution in [0.3, 0.4) is 0 Å². The molecule has 2 saturated heterocycles. The van der Waals surface area contributed by atoms with E-state index in [4.69, 9.17) is 4.74 Å². The van der Waals surface area contributed by atoms with E-state index >= 15 is 0 Å². The largest absolute Gasteiger partial charge is 0.481 e. The predicted octanol–water partition coefficient (Wildman–Crippen LogP) is 2.35. The number of nitrogens with zero attached hydrogens (tertiary/aromatic N) is 1. The molecule has 0 bridgehead atoms. The number of hydrogen-bond acceptors (Lipinski definition) is 3. The number of aliphatic carboxylic acids is 1. The van der Waals surface area contributed by atoms with Gasteiger partial charge in [0.2, 0.25) is 0 Å². The Hall–Kier alpha value is -2.34. The highest BCUT2D eigenvalue weighted by Crippen LogP contribution is 2.43. The van der Waals surface area contributed by atoms with Gasteiger partial charge in [0.15, 0.2) is 0 Å². The molecule has 0 saturated carbocycles. The van der Waals surface area contributed by atoms with Crippen molar-refractivity contribution in [1.82, 2.24) is 9.88 Å². The Bertz CT molecular complexity index is 872. The summed E-state index contributed by atoms with van der Waals surface area (Å²) in [6.07, 6.45) is 0.460. The number of likely N-dealkylation sites (tertiary alicyclic amines) is 1. The van der Waals surface area contributed by atoms with E-state index in [1.165, 1.54) is 0 Å². The van der Waals surface area contributed by atoms with E-state index < -0.39 is 11.4 Å². The molecule has 1 aromatic carbocycles. The minimum atomic E-state index is -0.869. The highest BCUT2D eigenvalue weighted by Gasteiger charge is 2.55. The average Bonchev–Trinajstić information content (AvgIpc) is 3.16. The third-order valence-electron chi connectivity index (χ3n) is 5.74. The van der Waals surface area contributed by atoms with Crippen LogP contribution in [-0.2, 0) is 9.53 Å². The first-order valence-corrected chi connectivity index (χ1v) is 8.61. The molecule has 2 aliphatic rings. The van der Waals surface area contributed by atoms with Crippen LogP contribution in [0.2, 0.25) is 0 Å². The number of aromatic nitrogens is 1. The maximum Gasteiger partial charge on any atom is 0.311 e. The molecule has 6 heteroatoms. The van der Waals surface area contributed by atoms with Gasteiger partial charge >= 0.3 is 5.97 Å². The zero-order valence-corrected chi connectivity index (χ0v) is 14.5. The van der Waals surface area contributed by atoms with Gasteiger partial charge < -0.3 is 19.7 Å². The van der Waals surface area contributed by atoms with E-state index in [0.29, 0.717) is 31.9 Å².